The van der Waals surface area contributed by atoms with Crippen molar-refractivity contribution in [2.45, 2.75) is 24.9 Å². The second kappa shape index (κ2) is 5.00. The van der Waals surface area contributed by atoms with Gasteiger partial charge in [0.05, 0.1) is 11.7 Å². The van der Waals surface area contributed by atoms with Gasteiger partial charge in [-0.3, -0.25) is 4.40 Å². The number of hydrogen-bond donors (Lipinski definition) is 2. The van der Waals surface area contributed by atoms with Gasteiger partial charge in [-0.15, -0.1) is 5.10 Å². The van der Waals surface area contributed by atoms with E-state index in [1.807, 2.05) is 46.0 Å². The minimum Gasteiger partial charge on any atom is -0.350 e. The van der Waals surface area contributed by atoms with E-state index < -0.39 is 0 Å². The molecule has 0 bridgehead atoms. The maximum Gasteiger partial charge on any atom is 0.241 e. The van der Waals surface area contributed by atoms with Crippen LogP contribution in [-0.4, -0.2) is 41.1 Å². The Morgan fingerprint density at radius 2 is 2.04 bits per heavy atom. The molecule has 0 atom stereocenters. The van der Waals surface area contributed by atoms with Gasteiger partial charge in [-0.25, -0.2) is 19.5 Å². The fourth-order valence-electron chi connectivity index (χ4n) is 3.13. The van der Waals surface area contributed by atoms with Crippen molar-refractivity contribution in [1.82, 2.24) is 29.0 Å². The number of nitrogens with zero attached hydrogens (tertiary/aromatic N) is 6. The van der Waals surface area contributed by atoms with Crippen molar-refractivity contribution in [1.29, 1.82) is 0 Å². The molecule has 8 nitrogen and oxygen atoms in total. The van der Waals surface area contributed by atoms with Crippen LogP contribution in [0.5, 0.6) is 0 Å². The minimum absolute atomic E-state index is 0.301. The summed E-state index contributed by atoms with van der Waals surface area (Å²) in [6.45, 7) is 0. The molecule has 0 radical (unpaired) electrons. The molecule has 0 unspecified atom stereocenters. The summed E-state index contributed by atoms with van der Waals surface area (Å²) in [6.07, 6.45) is 13.1. The molecule has 0 aromatic carbocycles. The van der Waals surface area contributed by atoms with Gasteiger partial charge in [0, 0.05) is 54.2 Å². The summed E-state index contributed by atoms with van der Waals surface area (Å²) < 4.78 is 3.73. The Hall–Kier alpha value is -3.00. The number of rotatable bonds is 3. The van der Waals surface area contributed by atoms with Crippen LogP contribution in [0.1, 0.15) is 12.8 Å². The summed E-state index contributed by atoms with van der Waals surface area (Å²) in [5, 5.41) is 7.86. The van der Waals surface area contributed by atoms with E-state index in [4.69, 9.17) is 5.73 Å². The van der Waals surface area contributed by atoms with Crippen LogP contribution in [0.25, 0.3) is 22.4 Å². The predicted molar refractivity (Wildman–Crippen MR) is 89.6 cm³/mol. The average molecular weight is 320 g/mol. The lowest BCUT2D eigenvalue weighted by Gasteiger charge is -2.32. The molecule has 4 aromatic heterocycles. The molecule has 1 aliphatic carbocycles. The third kappa shape index (κ3) is 2.11. The molecule has 0 saturated heterocycles. The maximum atomic E-state index is 5.81. The third-order valence-electron chi connectivity index (χ3n) is 4.48. The predicted octanol–water partition coefficient (Wildman–Crippen LogP) is 1.34. The molecule has 0 spiro atoms. The van der Waals surface area contributed by atoms with Crippen molar-refractivity contribution in [2.24, 2.45) is 5.73 Å². The highest BCUT2D eigenvalue weighted by Crippen LogP contribution is 2.25. The molecular weight excluding hydrogens is 304 g/mol. The molecule has 8 heteroatoms. The Kier molecular flexibility index (Phi) is 2.80. The van der Waals surface area contributed by atoms with Gasteiger partial charge in [0.25, 0.3) is 0 Å². The zero-order chi connectivity index (χ0) is 16.1. The summed E-state index contributed by atoms with van der Waals surface area (Å²) >= 11 is 0. The van der Waals surface area contributed by atoms with E-state index in [0.717, 1.165) is 29.5 Å². The van der Waals surface area contributed by atoms with Crippen LogP contribution in [0, 0.1) is 0 Å². The SMILES string of the molecule is N[C@H]1C[C@H](Nc2ncc3c(-c4cnc5nccn5c4)ccn3n2)C1. The lowest BCUT2D eigenvalue weighted by molar-refractivity contribution is 0.371. The molecule has 1 saturated carbocycles. The minimum atomic E-state index is 0.301. The molecule has 24 heavy (non-hydrogen) atoms. The largest absolute Gasteiger partial charge is 0.350 e. The van der Waals surface area contributed by atoms with Crippen LogP contribution in [0.15, 0.2) is 43.2 Å². The third-order valence-corrected chi connectivity index (χ3v) is 4.48. The number of anilines is 1. The number of aromatic nitrogens is 6. The molecule has 0 aliphatic heterocycles. The van der Waals surface area contributed by atoms with E-state index in [9.17, 15) is 0 Å². The number of imidazole rings is 1. The Morgan fingerprint density at radius 1 is 1.12 bits per heavy atom. The van der Waals surface area contributed by atoms with E-state index >= 15 is 0 Å². The zero-order valence-electron chi connectivity index (χ0n) is 12.9. The van der Waals surface area contributed by atoms with Crippen LogP contribution in [0.3, 0.4) is 0 Å². The van der Waals surface area contributed by atoms with E-state index in [-0.39, 0.29) is 0 Å². The van der Waals surface area contributed by atoms with Gasteiger partial charge in [0.1, 0.15) is 0 Å². The van der Waals surface area contributed by atoms with Crippen LogP contribution < -0.4 is 11.1 Å². The van der Waals surface area contributed by atoms with Gasteiger partial charge in [0.15, 0.2) is 0 Å². The number of fused-ring (bicyclic) bond motifs is 2. The summed E-state index contributed by atoms with van der Waals surface area (Å²) in [7, 11) is 0. The molecule has 5 rings (SSSR count). The van der Waals surface area contributed by atoms with Crippen molar-refractivity contribution in [3.05, 3.63) is 43.2 Å². The maximum absolute atomic E-state index is 5.81. The van der Waals surface area contributed by atoms with Gasteiger partial charge in [0.2, 0.25) is 11.7 Å². The first-order valence-electron chi connectivity index (χ1n) is 7.92. The molecule has 4 aromatic rings. The van der Waals surface area contributed by atoms with Crippen LogP contribution in [0.4, 0.5) is 5.95 Å². The highest BCUT2D eigenvalue weighted by Gasteiger charge is 2.26. The number of nitrogens with one attached hydrogen (secondary N) is 1. The normalized spacial score (nSPS) is 20.4. The Labute approximate surface area is 137 Å². The smallest absolute Gasteiger partial charge is 0.241 e. The Bertz CT molecular complexity index is 1030. The quantitative estimate of drug-likeness (QED) is 0.591. The van der Waals surface area contributed by atoms with Crippen molar-refractivity contribution < 1.29 is 0 Å². The first kappa shape index (κ1) is 13.4. The van der Waals surface area contributed by atoms with Gasteiger partial charge in [-0.2, -0.15) is 0 Å². The first-order chi connectivity index (χ1) is 11.8. The highest BCUT2D eigenvalue weighted by molar-refractivity contribution is 5.79. The summed E-state index contributed by atoms with van der Waals surface area (Å²) in [5.74, 6) is 1.31. The zero-order valence-corrected chi connectivity index (χ0v) is 12.9. The standard InChI is InChI=1S/C16H16N8/c17-11-5-12(6-11)21-15-19-8-14-13(1-3-24(14)22-15)10-7-20-16-18-2-4-23(16)9-10/h1-4,7-9,11-12H,5-6,17H2,(H,21,22)/t11-,12-. The van der Waals surface area contributed by atoms with Crippen molar-refractivity contribution in [3.8, 4) is 11.1 Å². The molecular formula is C16H16N8. The molecule has 1 fully saturated rings. The Balaban J connectivity index is 1.50. The van der Waals surface area contributed by atoms with E-state index in [1.165, 1.54) is 0 Å². The first-order valence-corrected chi connectivity index (χ1v) is 7.92. The summed E-state index contributed by atoms with van der Waals surface area (Å²) in [5.41, 5.74) is 8.79. The van der Waals surface area contributed by atoms with E-state index in [0.29, 0.717) is 23.8 Å². The summed E-state index contributed by atoms with van der Waals surface area (Å²) in [4.78, 5) is 13.0. The van der Waals surface area contributed by atoms with Crippen molar-refractivity contribution >= 4 is 17.2 Å². The monoisotopic (exact) mass is 320 g/mol. The second-order valence-corrected chi connectivity index (χ2v) is 6.19. The van der Waals surface area contributed by atoms with E-state index in [2.05, 4.69) is 25.4 Å². The molecule has 4 heterocycles. The topological polar surface area (TPSA) is 98.4 Å². The van der Waals surface area contributed by atoms with Crippen LogP contribution in [-0.2, 0) is 0 Å². The van der Waals surface area contributed by atoms with Gasteiger partial charge in [-0.1, -0.05) is 0 Å². The lowest BCUT2D eigenvalue weighted by Crippen LogP contribution is -2.44. The molecule has 3 N–H and O–H groups in total. The van der Waals surface area contributed by atoms with E-state index in [1.54, 1.807) is 6.20 Å². The fraction of sp³-hybridized carbons (Fsp3) is 0.250. The van der Waals surface area contributed by atoms with Gasteiger partial charge in [-0.05, 0) is 18.9 Å². The Morgan fingerprint density at radius 3 is 2.92 bits per heavy atom. The number of nitrogens with two attached hydrogens (primary N) is 1. The molecule has 0 amide bonds. The lowest BCUT2D eigenvalue weighted by atomic mass is 9.88. The fourth-order valence-corrected chi connectivity index (χ4v) is 3.13. The van der Waals surface area contributed by atoms with Crippen LogP contribution >= 0.6 is 0 Å². The second-order valence-electron chi connectivity index (χ2n) is 6.19. The van der Waals surface area contributed by atoms with Crippen molar-refractivity contribution in [2.75, 3.05) is 5.32 Å². The highest BCUT2D eigenvalue weighted by atomic mass is 15.3. The van der Waals surface area contributed by atoms with Gasteiger partial charge >= 0.3 is 0 Å². The average Bonchev–Trinajstić information content (AvgIpc) is 3.18. The molecule has 1 aliphatic rings. The number of hydrogen-bond acceptors (Lipinski definition) is 6. The van der Waals surface area contributed by atoms with Crippen molar-refractivity contribution in [3.63, 3.8) is 0 Å². The van der Waals surface area contributed by atoms with Crippen LogP contribution in [0.2, 0.25) is 0 Å². The summed E-state index contributed by atoms with van der Waals surface area (Å²) in [6, 6.07) is 2.70. The molecule has 120 valence electrons. The van der Waals surface area contributed by atoms with Gasteiger partial charge < -0.3 is 11.1 Å².